The van der Waals surface area contributed by atoms with E-state index in [1.54, 1.807) is 23.0 Å². The maximum absolute atomic E-state index is 12.9. The maximum Gasteiger partial charge on any atom is 0.338 e. The molecule has 2 aromatic heterocycles. The van der Waals surface area contributed by atoms with Crippen molar-refractivity contribution >= 4 is 5.97 Å². The average molecular weight is 408 g/mol. The van der Waals surface area contributed by atoms with Gasteiger partial charge in [0.2, 0.25) is 5.82 Å². The highest BCUT2D eigenvalue weighted by atomic mass is 19.1. The minimum absolute atomic E-state index is 0.0425. The van der Waals surface area contributed by atoms with E-state index in [4.69, 9.17) is 14.0 Å². The molecule has 2 heterocycles. The Hall–Kier alpha value is -4.01. The molecule has 0 atom stereocenters. The molecule has 30 heavy (non-hydrogen) atoms. The second-order valence-electron chi connectivity index (χ2n) is 6.32. The maximum atomic E-state index is 12.9. The van der Waals surface area contributed by atoms with Crippen molar-refractivity contribution in [2.45, 2.75) is 19.8 Å². The van der Waals surface area contributed by atoms with Crippen LogP contribution < -0.4 is 4.74 Å². The molecule has 0 fully saturated rings. The molecule has 0 aliphatic heterocycles. The lowest BCUT2D eigenvalue weighted by Gasteiger charge is -2.05. The van der Waals surface area contributed by atoms with Crippen molar-refractivity contribution in [2.24, 2.45) is 0 Å². The molecule has 0 spiro atoms. The lowest BCUT2D eigenvalue weighted by molar-refractivity contribution is 0.0430. The van der Waals surface area contributed by atoms with Gasteiger partial charge in [-0.25, -0.2) is 9.18 Å². The minimum Gasteiger partial charge on any atom is -0.485 e. The van der Waals surface area contributed by atoms with Crippen LogP contribution in [-0.4, -0.2) is 25.9 Å². The summed E-state index contributed by atoms with van der Waals surface area (Å²) >= 11 is 0. The molecule has 0 radical (unpaired) electrons. The first-order valence-corrected chi connectivity index (χ1v) is 9.09. The first-order chi connectivity index (χ1) is 14.7. The molecule has 2 aromatic carbocycles. The van der Waals surface area contributed by atoms with Crippen molar-refractivity contribution in [3.05, 3.63) is 95.7 Å². The largest absolute Gasteiger partial charge is 0.485 e. The molecular formula is C21H17FN4O4. The summed E-state index contributed by atoms with van der Waals surface area (Å²) in [6.45, 7) is 0.505. The monoisotopic (exact) mass is 408 g/mol. The third-order valence-electron chi connectivity index (χ3n) is 4.11. The van der Waals surface area contributed by atoms with Gasteiger partial charge in [0, 0.05) is 12.4 Å². The van der Waals surface area contributed by atoms with Crippen LogP contribution in [-0.2, 0) is 24.5 Å². The fraction of sp³-hybridized carbons (Fsp3) is 0.143. The fourth-order valence-corrected chi connectivity index (χ4v) is 2.62. The summed E-state index contributed by atoms with van der Waals surface area (Å²) in [5, 5.41) is 7.91. The zero-order chi connectivity index (χ0) is 20.8. The zero-order valence-corrected chi connectivity index (χ0v) is 15.8. The van der Waals surface area contributed by atoms with Crippen LogP contribution in [0.5, 0.6) is 5.75 Å². The van der Waals surface area contributed by atoms with Gasteiger partial charge in [0.05, 0.1) is 12.1 Å². The molecule has 0 aliphatic carbocycles. The van der Waals surface area contributed by atoms with Crippen LogP contribution in [0.4, 0.5) is 4.39 Å². The van der Waals surface area contributed by atoms with E-state index in [9.17, 15) is 9.18 Å². The lowest BCUT2D eigenvalue weighted by Crippen LogP contribution is -2.06. The van der Waals surface area contributed by atoms with Crippen molar-refractivity contribution in [3.8, 4) is 5.75 Å². The van der Waals surface area contributed by atoms with E-state index < -0.39 is 5.97 Å². The van der Waals surface area contributed by atoms with E-state index in [-0.39, 0.29) is 30.7 Å². The molecule has 0 bridgehead atoms. The van der Waals surface area contributed by atoms with Gasteiger partial charge in [0.15, 0.2) is 13.2 Å². The van der Waals surface area contributed by atoms with Gasteiger partial charge >= 0.3 is 5.97 Å². The number of ether oxygens (including phenoxy) is 2. The smallest absolute Gasteiger partial charge is 0.338 e. The van der Waals surface area contributed by atoms with Gasteiger partial charge in [-0.3, -0.25) is 4.68 Å². The Kier molecular flexibility index (Phi) is 5.79. The fourth-order valence-electron chi connectivity index (χ4n) is 2.62. The molecule has 4 aromatic rings. The number of benzene rings is 2. The summed E-state index contributed by atoms with van der Waals surface area (Å²) in [5.74, 6) is 0.0661. The van der Waals surface area contributed by atoms with Gasteiger partial charge in [0.1, 0.15) is 11.6 Å². The third-order valence-corrected chi connectivity index (χ3v) is 4.11. The van der Waals surface area contributed by atoms with Crippen LogP contribution in [0, 0.1) is 5.82 Å². The molecule has 4 rings (SSSR count). The van der Waals surface area contributed by atoms with Gasteiger partial charge in [-0.15, -0.1) is 0 Å². The van der Waals surface area contributed by atoms with Crippen molar-refractivity contribution in [2.75, 3.05) is 0 Å². The number of hydrogen-bond donors (Lipinski definition) is 0. The summed E-state index contributed by atoms with van der Waals surface area (Å²) in [5.41, 5.74) is 1.43. The third kappa shape index (κ3) is 5.07. The molecule has 0 amide bonds. The number of esters is 1. The van der Waals surface area contributed by atoms with Crippen LogP contribution in [0.25, 0.3) is 0 Å². The van der Waals surface area contributed by atoms with Crippen molar-refractivity contribution < 1.29 is 23.2 Å². The summed E-state index contributed by atoms with van der Waals surface area (Å²) in [7, 11) is 0. The highest BCUT2D eigenvalue weighted by molar-refractivity contribution is 5.89. The van der Waals surface area contributed by atoms with Crippen molar-refractivity contribution in [1.82, 2.24) is 19.9 Å². The Morgan fingerprint density at radius 2 is 1.87 bits per heavy atom. The molecule has 152 valence electrons. The van der Waals surface area contributed by atoms with E-state index in [0.717, 1.165) is 5.56 Å². The molecule has 0 unspecified atom stereocenters. The SMILES string of the molecule is O=C(OCc1nc(COc2ccc(F)cc2)no1)c1ccc(Cn2cccn2)cc1. The van der Waals surface area contributed by atoms with Gasteiger partial charge < -0.3 is 14.0 Å². The number of halogens is 1. The minimum atomic E-state index is -0.497. The topological polar surface area (TPSA) is 92.3 Å². The Balaban J connectivity index is 1.26. The van der Waals surface area contributed by atoms with Crippen LogP contribution in [0.2, 0.25) is 0 Å². The quantitative estimate of drug-likeness (QED) is 0.413. The van der Waals surface area contributed by atoms with E-state index in [2.05, 4.69) is 15.2 Å². The van der Waals surface area contributed by atoms with E-state index >= 15 is 0 Å². The molecule has 8 nitrogen and oxygen atoms in total. The first-order valence-electron chi connectivity index (χ1n) is 9.09. The van der Waals surface area contributed by atoms with E-state index in [0.29, 0.717) is 17.9 Å². The molecular weight excluding hydrogens is 391 g/mol. The second kappa shape index (κ2) is 8.99. The van der Waals surface area contributed by atoms with E-state index in [1.807, 2.05) is 24.4 Å². The number of aromatic nitrogens is 4. The molecule has 9 heteroatoms. The zero-order valence-electron chi connectivity index (χ0n) is 15.8. The second-order valence-corrected chi connectivity index (χ2v) is 6.32. The van der Waals surface area contributed by atoms with Crippen molar-refractivity contribution in [3.63, 3.8) is 0 Å². The van der Waals surface area contributed by atoms with E-state index in [1.165, 1.54) is 24.3 Å². The summed E-state index contributed by atoms with van der Waals surface area (Å²) in [6.07, 6.45) is 3.58. The number of carbonyl (C=O) groups excluding carboxylic acids is 1. The van der Waals surface area contributed by atoms with Crippen LogP contribution >= 0.6 is 0 Å². The highest BCUT2D eigenvalue weighted by Gasteiger charge is 2.12. The standard InChI is InChI=1S/C21H17FN4O4/c22-17-6-8-18(9-7-17)28-13-19-24-20(30-25-19)14-29-21(27)16-4-2-15(3-5-16)12-26-11-1-10-23-26/h1-11H,12-14H2. The summed E-state index contributed by atoms with van der Waals surface area (Å²) in [4.78, 5) is 16.3. The molecule has 0 saturated carbocycles. The predicted octanol–water partition coefficient (Wildman–Crippen LogP) is 3.39. The van der Waals surface area contributed by atoms with Gasteiger partial charge in [-0.1, -0.05) is 17.3 Å². The first kappa shape index (κ1) is 19.3. The highest BCUT2D eigenvalue weighted by Crippen LogP contribution is 2.13. The predicted molar refractivity (Wildman–Crippen MR) is 102 cm³/mol. The van der Waals surface area contributed by atoms with Gasteiger partial charge in [-0.05, 0) is 48.0 Å². The Morgan fingerprint density at radius 3 is 2.60 bits per heavy atom. The molecule has 0 N–H and O–H groups in total. The van der Waals surface area contributed by atoms with Gasteiger partial charge in [-0.2, -0.15) is 10.1 Å². The Morgan fingerprint density at radius 1 is 1.07 bits per heavy atom. The normalized spacial score (nSPS) is 10.7. The number of nitrogens with zero attached hydrogens (tertiary/aromatic N) is 4. The Labute approximate surface area is 170 Å². The van der Waals surface area contributed by atoms with Crippen LogP contribution in [0.15, 0.2) is 71.5 Å². The summed E-state index contributed by atoms with van der Waals surface area (Å²) in [6, 6.07) is 14.5. The summed E-state index contributed by atoms with van der Waals surface area (Å²) < 4.78 is 30.4. The Bertz CT molecular complexity index is 1090. The number of hydrogen-bond acceptors (Lipinski definition) is 7. The van der Waals surface area contributed by atoms with Crippen molar-refractivity contribution in [1.29, 1.82) is 0 Å². The van der Waals surface area contributed by atoms with Gasteiger partial charge in [0.25, 0.3) is 5.89 Å². The molecule has 0 saturated heterocycles. The average Bonchev–Trinajstić information content (AvgIpc) is 3.44. The lowest BCUT2D eigenvalue weighted by atomic mass is 10.1. The number of rotatable bonds is 8. The molecule has 0 aliphatic rings. The number of carbonyl (C=O) groups is 1. The van der Waals surface area contributed by atoms with Crippen LogP contribution in [0.3, 0.4) is 0 Å². The van der Waals surface area contributed by atoms with Crippen LogP contribution in [0.1, 0.15) is 27.6 Å².